The van der Waals surface area contributed by atoms with Crippen LogP contribution in [0.2, 0.25) is 0 Å². The quantitative estimate of drug-likeness (QED) is 0.834. The number of hydrogen-bond acceptors (Lipinski definition) is 4. The largest absolute Gasteiger partial charge is 0.390 e. The monoisotopic (exact) mass is 249 g/mol. The van der Waals surface area contributed by atoms with Crippen LogP contribution in [-0.2, 0) is 6.54 Å². The second kappa shape index (κ2) is 4.86. The molecule has 0 bridgehead atoms. The van der Waals surface area contributed by atoms with E-state index < -0.39 is 5.60 Å². The van der Waals surface area contributed by atoms with E-state index in [4.69, 9.17) is 5.73 Å². The molecular weight excluding hydrogens is 226 g/mol. The zero-order valence-corrected chi connectivity index (χ0v) is 11.5. The first-order chi connectivity index (χ1) is 8.43. The lowest BCUT2D eigenvalue weighted by molar-refractivity contribution is 0.0351. The molecule has 100 valence electrons. The van der Waals surface area contributed by atoms with Gasteiger partial charge in [0, 0.05) is 42.3 Å². The van der Waals surface area contributed by atoms with Gasteiger partial charge in [0.2, 0.25) is 0 Å². The Kier molecular flexibility index (Phi) is 3.59. The maximum absolute atomic E-state index is 10.0. The van der Waals surface area contributed by atoms with Crippen molar-refractivity contribution in [2.24, 2.45) is 5.73 Å². The number of piperidine rings is 1. The van der Waals surface area contributed by atoms with Crippen molar-refractivity contribution in [2.45, 2.75) is 45.8 Å². The van der Waals surface area contributed by atoms with Gasteiger partial charge in [-0.3, -0.25) is 4.98 Å². The molecular formula is C14H23N3O. The van der Waals surface area contributed by atoms with Crippen molar-refractivity contribution in [3.63, 3.8) is 0 Å². The summed E-state index contributed by atoms with van der Waals surface area (Å²) in [4.78, 5) is 6.79. The first kappa shape index (κ1) is 13.3. The van der Waals surface area contributed by atoms with E-state index in [1.807, 2.05) is 20.8 Å². The lowest BCUT2D eigenvalue weighted by Crippen LogP contribution is -2.43. The maximum atomic E-state index is 10.0. The first-order valence-corrected chi connectivity index (χ1v) is 6.57. The van der Waals surface area contributed by atoms with Crippen molar-refractivity contribution >= 4 is 5.69 Å². The lowest BCUT2D eigenvalue weighted by atomic mass is 9.93. The van der Waals surface area contributed by atoms with Gasteiger partial charge in [0.25, 0.3) is 0 Å². The molecule has 1 aliphatic heterocycles. The Morgan fingerprint density at radius 1 is 1.39 bits per heavy atom. The van der Waals surface area contributed by atoms with Crippen molar-refractivity contribution in [1.29, 1.82) is 0 Å². The Morgan fingerprint density at radius 3 is 2.56 bits per heavy atom. The topological polar surface area (TPSA) is 62.4 Å². The van der Waals surface area contributed by atoms with Gasteiger partial charge in [-0.15, -0.1) is 0 Å². The number of pyridine rings is 1. The van der Waals surface area contributed by atoms with Crippen LogP contribution >= 0.6 is 0 Å². The third kappa shape index (κ3) is 2.65. The summed E-state index contributed by atoms with van der Waals surface area (Å²) in [7, 11) is 0. The van der Waals surface area contributed by atoms with E-state index in [9.17, 15) is 5.11 Å². The minimum Gasteiger partial charge on any atom is -0.390 e. The summed E-state index contributed by atoms with van der Waals surface area (Å²) in [5, 5.41) is 10.0. The number of anilines is 1. The molecule has 1 aromatic rings. The van der Waals surface area contributed by atoms with Gasteiger partial charge < -0.3 is 15.7 Å². The summed E-state index contributed by atoms with van der Waals surface area (Å²) in [6.07, 6.45) is 1.61. The second-order valence-electron chi connectivity index (χ2n) is 5.53. The second-order valence-corrected chi connectivity index (χ2v) is 5.53. The van der Waals surface area contributed by atoms with Crippen LogP contribution in [-0.4, -0.2) is 28.8 Å². The van der Waals surface area contributed by atoms with E-state index in [1.54, 1.807) is 0 Å². The maximum Gasteiger partial charge on any atom is 0.0653 e. The van der Waals surface area contributed by atoms with Gasteiger partial charge in [0.15, 0.2) is 0 Å². The Hall–Kier alpha value is -1.13. The standard InChI is InChI=1S/C14H23N3O/c1-10-8-13(12(9-15)11(2)16-10)17-6-4-14(3,18)5-7-17/h8,18H,4-7,9,15H2,1-3H3. The fourth-order valence-corrected chi connectivity index (χ4v) is 2.60. The average Bonchev–Trinajstić information content (AvgIpc) is 2.28. The summed E-state index contributed by atoms with van der Waals surface area (Å²) in [6, 6.07) is 2.11. The average molecular weight is 249 g/mol. The van der Waals surface area contributed by atoms with Crippen LogP contribution in [0.15, 0.2) is 6.07 Å². The molecule has 3 N–H and O–H groups in total. The molecule has 0 saturated carbocycles. The van der Waals surface area contributed by atoms with E-state index in [0.717, 1.165) is 42.9 Å². The molecule has 2 heterocycles. The highest BCUT2D eigenvalue weighted by Crippen LogP contribution is 2.29. The number of aliphatic hydroxyl groups is 1. The number of nitrogens with zero attached hydrogens (tertiary/aromatic N) is 2. The Labute approximate surface area is 109 Å². The van der Waals surface area contributed by atoms with Crippen LogP contribution < -0.4 is 10.6 Å². The van der Waals surface area contributed by atoms with Crippen molar-refractivity contribution in [3.05, 3.63) is 23.0 Å². The number of rotatable bonds is 2. The van der Waals surface area contributed by atoms with Crippen molar-refractivity contribution in [1.82, 2.24) is 4.98 Å². The molecule has 18 heavy (non-hydrogen) atoms. The van der Waals surface area contributed by atoms with Crippen LogP contribution in [0.25, 0.3) is 0 Å². The molecule has 1 aromatic heterocycles. The van der Waals surface area contributed by atoms with Crippen LogP contribution in [0.5, 0.6) is 0 Å². The van der Waals surface area contributed by atoms with Gasteiger partial charge in [-0.1, -0.05) is 0 Å². The van der Waals surface area contributed by atoms with Gasteiger partial charge in [0.1, 0.15) is 0 Å². The number of aromatic nitrogens is 1. The molecule has 0 aliphatic carbocycles. The molecule has 4 nitrogen and oxygen atoms in total. The Morgan fingerprint density at radius 2 is 2.00 bits per heavy atom. The molecule has 1 fully saturated rings. The molecule has 1 saturated heterocycles. The molecule has 1 aliphatic rings. The fourth-order valence-electron chi connectivity index (χ4n) is 2.60. The first-order valence-electron chi connectivity index (χ1n) is 6.57. The van der Waals surface area contributed by atoms with Gasteiger partial charge in [-0.05, 0) is 39.7 Å². The third-order valence-corrected chi connectivity index (χ3v) is 3.82. The van der Waals surface area contributed by atoms with Crippen molar-refractivity contribution in [2.75, 3.05) is 18.0 Å². The zero-order valence-electron chi connectivity index (χ0n) is 11.5. The molecule has 4 heteroatoms. The van der Waals surface area contributed by atoms with E-state index in [0.29, 0.717) is 6.54 Å². The van der Waals surface area contributed by atoms with Gasteiger partial charge >= 0.3 is 0 Å². The van der Waals surface area contributed by atoms with Crippen LogP contribution in [0.1, 0.15) is 36.7 Å². The zero-order chi connectivity index (χ0) is 13.3. The summed E-state index contributed by atoms with van der Waals surface area (Å²) in [6.45, 7) is 8.21. The SMILES string of the molecule is Cc1cc(N2CCC(C)(O)CC2)c(CN)c(C)n1. The van der Waals surface area contributed by atoms with Crippen LogP contribution in [0.4, 0.5) is 5.69 Å². The molecule has 0 unspecified atom stereocenters. The minimum absolute atomic E-state index is 0.515. The molecule has 0 amide bonds. The summed E-state index contributed by atoms with van der Waals surface area (Å²) in [5.74, 6) is 0. The van der Waals surface area contributed by atoms with Gasteiger partial charge in [-0.2, -0.15) is 0 Å². The third-order valence-electron chi connectivity index (χ3n) is 3.82. The van der Waals surface area contributed by atoms with E-state index in [1.165, 1.54) is 5.69 Å². The molecule has 2 rings (SSSR count). The predicted octanol–water partition coefficient (Wildman–Crippen LogP) is 1.51. The Bertz CT molecular complexity index is 433. The summed E-state index contributed by atoms with van der Waals surface area (Å²) < 4.78 is 0. The Balaban J connectivity index is 2.28. The van der Waals surface area contributed by atoms with Crippen molar-refractivity contribution < 1.29 is 5.11 Å². The van der Waals surface area contributed by atoms with E-state index in [-0.39, 0.29) is 0 Å². The predicted molar refractivity (Wildman–Crippen MR) is 73.7 cm³/mol. The highest BCUT2D eigenvalue weighted by molar-refractivity contribution is 5.56. The number of nitrogens with two attached hydrogens (primary N) is 1. The normalized spacial score (nSPS) is 19.1. The van der Waals surface area contributed by atoms with Crippen LogP contribution in [0, 0.1) is 13.8 Å². The van der Waals surface area contributed by atoms with Gasteiger partial charge in [-0.25, -0.2) is 0 Å². The van der Waals surface area contributed by atoms with Crippen molar-refractivity contribution in [3.8, 4) is 0 Å². The number of hydrogen-bond donors (Lipinski definition) is 2. The lowest BCUT2D eigenvalue weighted by Gasteiger charge is -2.38. The minimum atomic E-state index is -0.517. The molecule has 0 spiro atoms. The fraction of sp³-hybridized carbons (Fsp3) is 0.643. The smallest absolute Gasteiger partial charge is 0.0653 e. The summed E-state index contributed by atoms with van der Waals surface area (Å²) >= 11 is 0. The van der Waals surface area contributed by atoms with Crippen LogP contribution in [0.3, 0.4) is 0 Å². The van der Waals surface area contributed by atoms with E-state index >= 15 is 0 Å². The molecule has 0 aromatic carbocycles. The highest BCUT2D eigenvalue weighted by Gasteiger charge is 2.28. The molecule has 0 radical (unpaired) electrons. The van der Waals surface area contributed by atoms with Gasteiger partial charge in [0.05, 0.1) is 5.60 Å². The summed E-state index contributed by atoms with van der Waals surface area (Å²) in [5.41, 5.74) is 9.69. The van der Waals surface area contributed by atoms with E-state index in [2.05, 4.69) is 16.0 Å². The highest BCUT2D eigenvalue weighted by atomic mass is 16.3. The number of aryl methyl sites for hydroxylation is 2. The molecule has 0 atom stereocenters.